The zero-order chi connectivity index (χ0) is 31.1. The number of ketones is 1. The number of amides is 3. The van der Waals surface area contributed by atoms with E-state index in [1.54, 1.807) is 34.2 Å². The van der Waals surface area contributed by atoms with E-state index in [9.17, 15) is 19.2 Å². The van der Waals surface area contributed by atoms with Crippen LogP contribution in [0.25, 0.3) is 0 Å². The fourth-order valence-corrected chi connectivity index (χ4v) is 6.30. The van der Waals surface area contributed by atoms with Gasteiger partial charge in [0.1, 0.15) is 5.60 Å². The summed E-state index contributed by atoms with van der Waals surface area (Å²) in [4.78, 5) is 65.0. The molecule has 2 fully saturated rings. The highest BCUT2D eigenvalue weighted by molar-refractivity contribution is 6.10. The standard InChI is InChI=1S/C33H43N5O5/c1-22-17-36(25(18-35-14-10-13-27(35)39)19-37(22)31(42)43-32(2,3)4)20-28(40)38-21-33(5,6)30-26(38)15-24(16-34-30)29(41)23-11-8-7-9-12-23/h7-9,11-12,15-16,22,25H,10,13-14,17-21H2,1-6H3/t22-,25+/m1/s1. The first-order chi connectivity index (χ1) is 20.2. The Bertz CT molecular complexity index is 1400. The molecule has 3 aliphatic rings. The summed E-state index contributed by atoms with van der Waals surface area (Å²) in [6.45, 7) is 14.1. The number of aromatic nitrogens is 1. The van der Waals surface area contributed by atoms with Crippen molar-refractivity contribution in [2.45, 2.75) is 77.5 Å². The van der Waals surface area contributed by atoms with Gasteiger partial charge in [0.15, 0.2) is 5.78 Å². The van der Waals surface area contributed by atoms with Gasteiger partial charge >= 0.3 is 6.09 Å². The molecule has 3 aliphatic heterocycles. The van der Waals surface area contributed by atoms with E-state index in [4.69, 9.17) is 4.74 Å². The second-order valence-corrected chi connectivity index (χ2v) is 13.7. The number of pyridine rings is 1. The number of ether oxygens (including phenoxy) is 1. The van der Waals surface area contributed by atoms with Crippen molar-refractivity contribution in [3.8, 4) is 0 Å². The third-order valence-electron chi connectivity index (χ3n) is 8.48. The number of carbonyl (C=O) groups is 4. The summed E-state index contributed by atoms with van der Waals surface area (Å²) >= 11 is 0. The molecule has 10 nitrogen and oxygen atoms in total. The Balaban J connectivity index is 1.38. The van der Waals surface area contributed by atoms with Crippen LogP contribution in [-0.2, 0) is 19.7 Å². The second-order valence-electron chi connectivity index (χ2n) is 13.7. The summed E-state index contributed by atoms with van der Waals surface area (Å²) in [5.74, 6) is -0.144. The number of carbonyl (C=O) groups excluding carboxylic acids is 4. The van der Waals surface area contributed by atoms with E-state index in [-0.39, 0.29) is 47.7 Å². The molecule has 0 bridgehead atoms. The van der Waals surface area contributed by atoms with Gasteiger partial charge in [-0.25, -0.2) is 4.79 Å². The molecule has 2 atom stereocenters. The molecule has 2 saturated heterocycles. The number of likely N-dealkylation sites (tertiary alicyclic amines) is 1. The van der Waals surface area contributed by atoms with Gasteiger partial charge in [-0.15, -0.1) is 0 Å². The number of rotatable bonds is 6. The molecule has 0 spiro atoms. The van der Waals surface area contributed by atoms with E-state index >= 15 is 0 Å². The molecule has 1 aromatic heterocycles. The van der Waals surface area contributed by atoms with Gasteiger partial charge in [-0.1, -0.05) is 44.2 Å². The molecule has 4 heterocycles. The van der Waals surface area contributed by atoms with Gasteiger partial charge in [-0.2, -0.15) is 0 Å². The smallest absolute Gasteiger partial charge is 0.410 e. The van der Waals surface area contributed by atoms with Crippen LogP contribution in [0.3, 0.4) is 0 Å². The van der Waals surface area contributed by atoms with Gasteiger partial charge in [0.2, 0.25) is 11.8 Å². The highest BCUT2D eigenvalue weighted by atomic mass is 16.6. The minimum absolute atomic E-state index is 0.102. The van der Waals surface area contributed by atoms with E-state index < -0.39 is 5.60 Å². The van der Waals surface area contributed by atoms with E-state index in [2.05, 4.69) is 9.88 Å². The lowest BCUT2D eigenvalue weighted by Gasteiger charge is -2.46. The summed E-state index contributed by atoms with van der Waals surface area (Å²) < 4.78 is 5.69. The van der Waals surface area contributed by atoms with Gasteiger partial charge in [-0.05, 0) is 40.2 Å². The van der Waals surface area contributed by atoms with Crippen LogP contribution in [0.5, 0.6) is 0 Å². The first-order valence-electron chi connectivity index (χ1n) is 15.2. The Labute approximate surface area is 254 Å². The van der Waals surface area contributed by atoms with E-state index in [0.717, 1.165) is 12.1 Å². The van der Waals surface area contributed by atoms with E-state index in [0.29, 0.717) is 56.0 Å². The molecule has 2 aromatic rings. The summed E-state index contributed by atoms with van der Waals surface area (Å²) in [6.07, 6.45) is 2.55. The van der Waals surface area contributed by atoms with Gasteiger partial charge in [0, 0.05) is 74.0 Å². The lowest BCUT2D eigenvalue weighted by Crippen LogP contribution is -2.63. The van der Waals surface area contributed by atoms with Crippen LogP contribution in [0.1, 0.15) is 76.0 Å². The van der Waals surface area contributed by atoms with E-state index in [1.165, 1.54) is 0 Å². The van der Waals surface area contributed by atoms with Crippen molar-refractivity contribution < 1.29 is 23.9 Å². The van der Waals surface area contributed by atoms with Crippen molar-refractivity contribution in [1.82, 2.24) is 19.7 Å². The molecule has 3 amide bonds. The zero-order valence-electron chi connectivity index (χ0n) is 26.1. The SMILES string of the molecule is C[C@@H]1CN(CC(=O)N2CC(C)(C)c3ncc(C(=O)c4ccccc4)cc32)[C@@H](CN2CCCC2=O)CN1C(=O)OC(C)(C)C. The fraction of sp³-hybridized carbons (Fsp3) is 0.545. The maximum absolute atomic E-state index is 14.1. The van der Waals surface area contributed by atoms with Crippen LogP contribution in [0.2, 0.25) is 0 Å². The van der Waals surface area contributed by atoms with Crippen LogP contribution in [0.15, 0.2) is 42.6 Å². The first kappa shape index (κ1) is 30.7. The Morgan fingerprint density at radius 3 is 2.44 bits per heavy atom. The average Bonchev–Trinajstić information content (AvgIpc) is 3.47. The highest BCUT2D eigenvalue weighted by Crippen LogP contribution is 2.40. The zero-order valence-corrected chi connectivity index (χ0v) is 26.1. The largest absolute Gasteiger partial charge is 0.444 e. The number of benzene rings is 1. The number of nitrogens with zero attached hydrogens (tertiary/aromatic N) is 5. The molecular weight excluding hydrogens is 546 g/mol. The Hall–Kier alpha value is -3.79. The molecule has 0 aliphatic carbocycles. The Morgan fingerprint density at radius 1 is 1.07 bits per heavy atom. The fourth-order valence-electron chi connectivity index (χ4n) is 6.30. The predicted molar refractivity (Wildman–Crippen MR) is 163 cm³/mol. The summed E-state index contributed by atoms with van der Waals surface area (Å²) in [7, 11) is 0. The second kappa shape index (κ2) is 11.7. The number of fused-ring (bicyclic) bond motifs is 1. The van der Waals surface area contributed by atoms with Crippen molar-refractivity contribution in [2.24, 2.45) is 0 Å². The lowest BCUT2D eigenvalue weighted by atomic mass is 9.91. The van der Waals surface area contributed by atoms with Gasteiger partial charge in [0.05, 0.1) is 17.9 Å². The maximum Gasteiger partial charge on any atom is 0.410 e. The molecule has 0 N–H and O–H groups in total. The summed E-state index contributed by atoms with van der Waals surface area (Å²) in [5.41, 5.74) is 1.43. The topological polar surface area (TPSA) is 103 Å². The number of anilines is 1. The van der Waals surface area contributed by atoms with Crippen LogP contribution >= 0.6 is 0 Å². The third-order valence-corrected chi connectivity index (χ3v) is 8.48. The first-order valence-corrected chi connectivity index (χ1v) is 15.2. The van der Waals surface area contributed by atoms with Crippen molar-refractivity contribution in [1.29, 1.82) is 0 Å². The molecule has 43 heavy (non-hydrogen) atoms. The van der Waals surface area contributed by atoms with Crippen LogP contribution < -0.4 is 4.90 Å². The third kappa shape index (κ3) is 6.59. The van der Waals surface area contributed by atoms with Crippen molar-refractivity contribution in [3.63, 3.8) is 0 Å². The van der Waals surface area contributed by atoms with Crippen molar-refractivity contribution >= 4 is 29.4 Å². The lowest BCUT2D eigenvalue weighted by molar-refractivity contribution is -0.129. The molecule has 0 unspecified atom stereocenters. The minimum Gasteiger partial charge on any atom is -0.444 e. The molecule has 0 saturated carbocycles. The van der Waals surface area contributed by atoms with Crippen LogP contribution in [-0.4, -0.2) is 100 Å². The summed E-state index contributed by atoms with van der Waals surface area (Å²) in [6, 6.07) is 10.4. The number of hydrogen-bond acceptors (Lipinski definition) is 7. The Kier molecular flexibility index (Phi) is 8.35. The number of piperazine rings is 1. The quantitative estimate of drug-likeness (QED) is 0.472. The van der Waals surface area contributed by atoms with Crippen molar-refractivity contribution in [2.75, 3.05) is 44.2 Å². The maximum atomic E-state index is 14.1. The van der Waals surface area contributed by atoms with Crippen molar-refractivity contribution in [3.05, 3.63) is 59.4 Å². The van der Waals surface area contributed by atoms with Gasteiger partial charge in [0.25, 0.3) is 0 Å². The molecular formula is C33H43N5O5. The predicted octanol–water partition coefficient (Wildman–Crippen LogP) is 3.87. The normalized spacial score (nSPS) is 22.1. The molecule has 5 rings (SSSR count). The Morgan fingerprint density at radius 2 is 1.79 bits per heavy atom. The van der Waals surface area contributed by atoms with Gasteiger partial charge < -0.3 is 19.4 Å². The average molecular weight is 590 g/mol. The minimum atomic E-state index is -0.630. The van der Waals surface area contributed by atoms with E-state index in [1.807, 2.05) is 64.6 Å². The number of hydrogen-bond donors (Lipinski definition) is 0. The highest BCUT2D eigenvalue weighted by Gasteiger charge is 2.43. The summed E-state index contributed by atoms with van der Waals surface area (Å²) in [5, 5.41) is 0. The molecule has 10 heteroatoms. The molecule has 0 radical (unpaired) electrons. The monoisotopic (exact) mass is 589 g/mol. The molecule has 1 aromatic carbocycles. The molecule has 230 valence electrons. The van der Waals surface area contributed by atoms with Gasteiger partial charge in [-0.3, -0.25) is 24.3 Å². The van der Waals surface area contributed by atoms with Crippen LogP contribution in [0.4, 0.5) is 10.5 Å². The van der Waals surface area contributed by atoms with Crippen LogP contribution in [0, 0.1) is 0 Å².